The van der Waals surface area contributed by atoms with Gasteiger partial charge in [-0.1, -0.05) is 36.4 Å². The van der Waals surface area contributed by atoms with Gasteiger partial charge in [0, 0.05) is 25.4 Å². The Bertz CT molecular complexity index is 1330. The second kappa shape index (κ2) is 8.35. The number of rotatable bonds is 5. The van der Waals surface area contributed by atoms with Gasteiger partial charge in [-0.2, -0.15) is 0 Å². The molecule has 1 amide bonds. The van der Waals surface area contributed by atoms with Gasteiger partial charge in [-0.3, -0.25) is 14.9 Å². The fourth-order valence-electron chi connectivity index (χ4n) is 3.56. The molecule has 1 aliphatic heterocycles. The summed E-state index contributed by atoms with van der Waals surface area (Å²) >= 11 is 0. The molecule has 10 nitrogen and oxygen atoms in total. The molecule has 3 aromatic rings. The standard InChI is InChI=1S/C21H19N5O5S/c1-14-17(20(27)24-32(30,31)19-9-5-4-8-18(19)26(28)29)12-22-21(23-14)25-11-10-15-6-2-3-7-16(15)13-25/h2-9,12H,10-11,13H2,1H3,(H,24,27). The molecule has 1 aromatic heterocycles. The molecule has 2 heterocycles. The van der Waals surface area contributed by atoms with Crippen molar-refractivity contribution >= 4 is 27.6 Å². The molecular formula is C21H19N5O5S. The van der Waals surface area contributed by atoms with E-state index in [1.807, 2.05) is 27.8 Å². The highest BCUT2D eigenvalue weighted by atomic mass is 32.2. The van der Waals surface area contributed by atoms with Crippen LogP contribution >= 0.6 is 0 Å². The molecule has 11 heteroatoms. The van der Waals surface area contributed by atoms with Crippen molar-refractivity contribution in [1.29, 1.82) is 0 Å². The quantitative estimate of drug-likeness (QED) is 0.459. The van der Waals surface area contributed by atoms with Gasteiger partial charge in [0.1, 0.15) is 0 Å². The number of nitro groups is 1. The summed E-state index contributed by atoms with van der Waals surface area (Å²) in [5.41, 5.74) is 2.09. The number of aromatic nitrogens is 2. The van der Waals surface area contributed by atoms with E-state index in [1.165, 1.54) is 29.5 Å². The first-order valence-electron chi connectivity index (χ1n) is 9.72. The van der Waals surface area contributed by atoms with E-state index in [4.69, 9.17) is 0 Å². The summed E-state index contributed by atoms with van der Waals surface area (Å²) in [5, 5.41) is 11.1. The number of aryl methyl sites for hydroxylation is 1. The van der Waals surface area contributed by atoms with Crippen molar-refractivity contribution in [2.45, 2.75) is 24.8 Å². The third-order valence-corrected chi connectivity index (χ3v) is 6.58. The molecule has 4 rings (SSSR count). The summed E-state index contributed by atoms with van der Waals surface area (Å²) in [5.74, 6) is -0.522. The molecule has 2 aromatic carbocycles. The van der Waals surface area contributed by atoms with Crippen molar-refractivity contribution in [3.8, 4) is 0 Å². The maximum Gasteiger partial charge on any atom is 0.289 e. The Morgan fingerprint density at radius 3 is 2.53 bits per heavy atom. The smallest absolute Gasteiger partial charge is 0.289 e. The van der Waals surface area contributed by atoms with Crippen LogP contribution in [0, 0.1) is 17.0 Å². The van der Waals surface area contributed by atoms with E-state index in [0.717, 1.165) is 18.6 Å². The lowest BCUT2D eigenvalue weighted by Gasteiger charge is -2.29. The van der Waals surface area contributed by atoms with E-state index in [9.17, 15) is 23.3 Å². The van der Waals surface area contributed by atoms with Crippen molar-refractivity contribution in [2.24, 2.45) is 0 Å². The van der Waals surface area contributed by atoms with E-state index in [0.29, 0.717) is 24.7 Å². The fraction of sp³-hybridized carbons (Fsp3) is 0.190. The van der Waals surface area contributed by atoms with Crippen LogP contribution in [0.3, 0.4) is 0 Å². The third kappa shape index (κ3) is 4.14. The summed E-state index contributed by atoms with van der Waals surface area (Å²) < 4.78 is 27.1. The molecule has 0 unspecified atom stereocenters. The number of carbonyl (C=O) groups excluding carboxylic acids is 1. The van der Waals surface area contributed by atoms with Gasteiger partial charge in [0.15, 0.2) is 4.90 Å². The summed E-state index contributed by atoms with van der Waals surface area (Å²) in [6, 6.07) is 12.9. The Hall–Kier alpha value is -3.86. The highest BCUT2D eigenvalue weighted by Gasteiger charge is 2.28. The number of fused-ring (bicyclic) bond motifs is 1. The van der Waals surface area contributed by atoms with Gasteiger partial charge >= 0.3 is 0 Å². The van der Waals surface area contributed by atoms with Gasteiger partial charge in [-0.05, 0) is 30.5 Å². The van der Waals surface area contributed by atoms with E-state index in [1.54, 1.807) is 6.92 Å². The van der Waals surface area contributed by atoms with Crippen LogP contribution in [0.2, 0.25) is 0 Å². The van der Waals surface area contributed by atoms with Crippen molar-refractivity contribution in [2.75, 3.05) is 11.4 Å². The van der Waals surface area contributed by atoms with Crippen molar-refractivity contribution in [3.63, 3.8) is 0 Å². The molecule has 32 heavy (non-hydrogen) atoms. The zero-order valence-corrected chi connectivity index (χ0v) is 17.9. The number of hydrogen-bond donors (Lipinski definition) is 1. The number of sulfonamides is 1. The second-order valence-corrected chi connectivity index (χ2v) is 8.92. The molecule has 1 aliphatic rings. The average Bonchev–Trinajstić information content (AvgIpc) is 2.78. The zero-order chi connectivity index (χ0) is 22.9. The minimum Gasteiger partial charge on any atom is -0.336 e. The summed E-state index contributed by atoms with van der Waals surface area (Å²) in [7, 11) is -4.47. The first kappa shape index (κ1) is 21.4. The third-order valence-electron chi connectivity index (χ3n) is 5.20. The molecule has 1 N–H and O–H groups in total. The van der Waals surface area contributed by atoms with E-state index >= 15 is 0 Å². The van der Waals surface area contributed by atoms with Gasteiger partial charge in [0.05, 0.1) is 16.2 Å². The first-order valence-corrected chi connectivity index (χ1v) is 11.2. The van der Waals surface area contributed by atoms with E-state index < -0.39 is 31.4 Å². The van der Waals surface area contributed by atoms with Gasteiger partial charge < -0.3 is 4.90 Å². The normalized spacial score (nSPS) is 13.3. The highest BCUT2D eigenvalue weighted by molar-refractivity contribution is 7.90. The SMILES string of the molecule is Cc1nc(N2CCc3ccccc3C2)ncc1C(=O)NS(=O)(=O)c1ccccc1[N+](=O)[O-]. The Labute approximate surface area is 184 Å². The van der Waals surface area contributed by atoms with Crippen LogP contribution in [0.5, 0.6) is 0 Å². The predicted octanol–water partition coefficient (Wildman–Crippen LogP) is 2.37. The molecule has 0 bridgehead atoms. The number of nitrogens with zero attached hydrogens (tertiary/aromatic N) is 4. The van der Waals surface area contributed by atoms with Gasteiger partial charge in [-0.15, -0.1) is 0 Å². The molecule has 0 aliphatic carbocycles. The zero-order valence-electron chi connectivity index (χ0n) is 17.1. The van der Waals surface area contributed by atoms with Crippen LogP contribution in [-0.2, 0) is 23.0 Å². The molecule has 0 spiro atoms. The van der Waals surface area contributed by atoms with Crippen LogP contribution in [-0.4, -0.2) is 35.8 Å². The number of nitro benzene ring substituents is 1. The minimum atomic E-state index is -4.47. The van der Waals surface area contributed by atoms with Crippen molar-refractivity contribution in [3.05, 3.63) is 87.2 Å². The van der Waals surface area contributed by atoms with Gasteiger partial charge in [0.2, 0.25) is 5.95 Å². The molecule has 0 radical (unpaired) electrons. The Morgan fingerprint density at radius 1 is 1.12 bits per heavy atom. The van der Waals surface area contributed by atoms with Crippen LogP contribution in [0.15, 0.2) is 59.6 Å². The van der Waals surface area contributed by atoms with E-state index in [-0.39, 0.29) is 5.56 Å². The number of benzene rings is 2. The Balaban J connectivity index is 1.55. The lowest BCUT2D eigenvalue weighted by atomic mass is 10.0. The number of carbonyl (C=O) groups is 1. The van der Waals surface area contributed by atoms with Crippen LogP contribution in [0.1, 0.15) is 27.2 Å². The predicted molar refractivity (Wildman–Crippen MR) is 116 cm³/mol. The molecular weight excluding hydrogens is 434 g/mol. The maximum atomic E-state index is 12.6. The largest absolute Gasteiger partial charge is 0.336 e. The van der Waals surface area contributed by atoms with E-state index in [2.05, 4.69) is 16.0 Å². The van der Waals surface area contributed by atoms with Crippen LogP contribution < -0.4 is 9.62 Å². The van der Waals surface area contributed by atoms with Gasteiger partial charge in [-0.25, -0.2) is 23.1 Å². The van der Waals surface area contributed by atoms with Crippen LogP contribution in [0.4, 0.5) is 11.6 Å². The fourth-order valence-corrected chi connectivity index (χ4v) is 4.70. The van der Waals surface area contributed by atoms with Crippen molar-refractivity contribution < 1.29 is 18.1 Å². The summed E-state index contributed by atoms with van der Waals surface area (Å²) in [6.45, 7) is 2.93. The second-order valence-electron chi connectivity index (χ2n) is 7.27. The number of anilines is 1. The summed E-state index contributed by atoms with van der Waals surface area (Å²) in [4.78, 5) is 33.0. The van der Waals surface area contributed by atoms with Crippen LogP contribution in [0.25, 0.3) is 0 Å². The monoisotopic (exact) mass is 453 g/mol. The number of hydrogen-bond acceptors (Lipinski definition) is 8. The molecule has 0 fully saturated rings. The number of amides is 1. The molecule has 0 atom stereocenters. The lowest BCUT2D eigenvalue weighted by Crippen LogP contribution is -2.33. The lowest BCUT2D eigenvalue weighted by molar-refractivity contribution is -0.387. The Morgan fingerprint density at radius 2 is 1.81 bits per heavy atom. The topological polar surface area (TPSA) is 135 Å². The number of nitrogens with one attached hydrogen (secondary N) is 1. The van der Waals surface area contributed by atoms with Crippen molar-refractivity contribution in [1.82, 2.24) is 14.7 Å². The summed E-state index contributed by atoms with van der Waals surface area (Å²) in [6.07, 6.45) is 2.11. The van der Waals surface area contributed by atoms with Gasteiger partial charge in [0.25, 0.3) is 21.6 Å². The maximum absolute atomic E-state index is 12.6. The Kier molecular flexibility index (Phi) is 5.57. The highest BCUT2D eigenvalue weighted by Crippen LogP contribution is 2.24. The molecule has 0 saturated heterocycles. The average molecular weight is 453 g/mol. The minimum absolute atomic E-state index is 0.0340. The number of para-hydroxylation sites is 1. The molecule has 164 valence electrons. The first-order chi connectivity index (χ1) is 15.3. The molecule has 0 saturated carbocycles.